The van der Waals surface area contributed by atoms with E-state index in [1.54, 1.807) is 0 Å². The third-order valence-electron chi connectivity index (χ3n) is 2.22. The lowest BCUT2D eigenvalue weighted by Gasteiger charge is -2.08. The molecule has 0 radical (unpaired) electrons. The largest absolute Gasteiger partial charge is 0.399 e. The third kappa shape index (κ3) is 3.38. The summed E-state index contributed by atoms with van der Waals surface area (Å²) in [5.74, 6) is 0.699. The summed E-state index contributed by atoms with van der Waals surface area (Å²) in [6.45, 7) is 8.45. The summed E-state index contributed by atoms with van der Waals surface area (Å²) < 4.78 is 0. The van der Waals surface area contributed by atoms with E-state index < -0.39 is 0 Å². The van der Waals surface area contributed by atoms with Gasteiger partial charge in [-0.05, 0) is 36.6 Å². The molecule has 0 bridgehead atoms. The average molecular weight is 192 g/mol. The van der Waals surface area contributed by atoms with Gasteiger partial charge < -0.3 is 11.1 Å². The maximum absolute atomic E-state index is 5.75. The fourth-order valence-corrected chi connectivity index (χ4v) is 1.35. The Morgan fingerprint density at radius 3 is 2.64 bits per heavy atom. The van der Waals surface area contributed by atoms with E-state index in [4.69, 9.17) is 5.73 Å². The lowest BCUT2D eigenvalue weighted by Crippen LogP contribution is -2.18. The lowest BCUT2D eigenvalue weighted by atomic mass is 10.1. The predicted molar refractivity (Wildman–Crippen MR) is 62.1 cm³/mol. The number of nitrogens with one attached hydrogen (secondary N) is 1. The first-order chi connectivity index (χ1) is 6.59. The van der Waals surface area contributed by atoms with Gasteiger partial charge in [0.05, 0.1) is 0 Å². The van der Waals surface area contributed by atoms with Gasteiger partial charge in [-0.2, -0.15) is 0 Å². The Bertz CT molecular complexity index is 292. The van der Waals surface area contributed by atoms with Gasteiger partial charge in [0.25, 0.3) is 0 Å². The quantitative estimate of drug-likeness (QED) is 0.718. The summed E-state index contributed by atoms with van der Waals surface area (Å²) >= 11 is 0. The summed E-state index contributed by atoms with van der Waals surface area (Å²) in [6.07, 6.45) is 0. The molecule has 0 saturated carbocycles. The van der Waals surface area contributed by atoms with Crippen LogP contribution in [0.1, 0.15) is 25.0 Å². The van der Waals surface area contributed by atoms with Gasteiger partial charge in [-0.25, -0.2) is 0 Å². The second-order valence-electron chi connectivity index (χ2n) is 4.22. The zero-order valence-electron chi connectivity index (χ0n) is 9.30. The average Bonchev–Trinajstić information content (AvgIpc) is 2.10. The van der Waals surface area contributed by atoms with Crippen molar-refractivity contribution < 1.29 is 0 Å². The van der Waals surface area contributed by atoms with Gasteiger partial charge in [0.2, 0.25) is 0 Å². The van der Waals surface area contributed by atoms with E-state index in [9.17, 15) is 0 Å². The van der Waals surface area contributed by atoms with Crippen molar-refractivity contribution in [3.8, 4) is 0 Å². The van der Waals surface area contributed by atoms with E-state index in [1.165, 1.54) is 5.56 Å². The van der Waals surface area contributed by atoms with E-state index in [2.05, 4.69) is 31.3 Å². The van der Waals surface area contributed by atoms with Crippen molar-refractivity contribution in [3.05, 3.63) is 29.3 Å². The Labute approximate surface area is 86.5 Å². The van der Waals surface area contributed by atoms with Gasteiger partial charge in [0.1, 0.15) is 0 Å². The molecule has 2 heteroatoms. The molecule has 2 nitrogen and oxygen atoms in total. The van der Waals surface area contributed by atoms with Crippen molar-refractivity contribution in [2.75, 3.05) is 12.3 Å². The molecule has 78 valence electrons. The fraction of sp³-hybridized carbons (Fsp3) is 0.500. The van der Waals surface area contributed by atoms with Crippen LogP contribution in [0.15, 0.2) is 18.2 Å². The highest BCUT2D eigenvalue weighted by molar-refractivity contribution is 5.47. The van der Waals surface area contributed by atoms with Crippen LogP contribution >= 0.6 is 0 Å². The van der Waals surface area contributed by atoms with Gasteiger partial charge in [-0.15, -0.1) is 0 Å². The van der Waals surface area contributed by atoms with E-state index in [0.717, 1.165) is 24.3 Å². The maximum Gasteiger partial charge on any atom is 0.0343 e. The Kier molecular flexibility index (Phi) is 3.96. The van der Waals surface area contributed by atoms with Gasteiger partial charge in [0, 0.05) is 12.2 Å². The molecule has 0 amide bonds. The molecule has 0 fully saturated rings. The van der Waals surface area contributed by atoms with Crippen molar-refractivity contribution >= 4 is 5.69 Å². The van der Waals surface area contributed by atoms with Gasteiger partial charge in [-0.1, -0.05) is 26.0 Å². The highest BCUT2D eigenvalue weighted by Gasteiger charge is 1.97. The van der Waals surface area contributed by atoms with Crippen LogP contribution in [0, 0.1) is 12.8 Å². The predicted octanol–water partition coefficient (Wildman–Crippen LogP) is 2.32. The number of rotatable bonds is 4. The van der Waals surface area contributed by atoms with Crippen LogP contribution in [-0.2, 0) is 6.54 Å². The number of aryl methyl sites for hydroxylation is 1. The first-order valence-corrected chi connectivity index (χ1v) is 5.15. The zero-order valence-corrected chi connectivity index (χ0v) is 9.30. The molecule has 0 saturated heterocycles. The standard InChI is InChI=1S/C12H20N2/c1-9(2)7-14-8-11-4-5-12(13)10(3)6-11/h4-6,9,14H,7-8,13H2,1-3H3. The number of benzene rings is 1. The molecule has 3 N–H and O–H groups in total. The van der Waals surface area contributed by atoms with Crippen LogP contribution in [0.2, 0.25) is 0 Å². The van der Waals surface area contributed by atoms with Crippen LogP contribution < -0.4 is 11.1 Å². The van der Waals surface area contributed by atoms with Crippen molar-refractivity contribution in [1.82, 2.24) is 5.32 Å². The van der Waals surface area contributed by atoms with Crippen LogP contribution in [0.3, 0.4) is 0 Å². The Balaban J connectivity index is 2.47. The SMILES string of the molecule is Cc1cc(CNCC(C)C)ccc1N. The number of nitrogens with two attached hydrogens (primary N) is 1. The number of hydrogen-bond acceptors (Lipinski definition) is 2. The fourth-order valence-electron chi connectivity index (χ4n) is 1.35. The van der Waals surface area contributed by atoms with Crippen molar-refractivity contribution in [2.45, 2.75) is 27.3 Å². The van der Waals surface area contributed by atoms with Crippen molar-refractivity contribution in [2.24, 2.45) is 5.92 Å². The molecule has 1 aromatic carbocycles. The van der Waals surface area contributed by atoms with Crippen molar-refractivity contribution in [1.29, 1.82) is 0 Å². The molecular formula is C12H20N2. The van der Waals surface area contributed by atoms with Crippen LogP contribution in [0.4, 0.5) is 5.69 Å². The topological polar surface area (TPSA) is 38.0 Å². The minimum atomic E-state index is 0.699. The van der Waals surface area contributed by atoms with Crippen LogP contribution in [-0.4, -0.2) is 6.54 Å². The highest BCUT2D eigenvalue weighted by Crippen LogP contribution is 2.12. The molecule has 1 rings (SSSR count). The van der Waals surface area contributed by atoms with E-state index in [1.807, 2.05) is 13.0 Å². The van der Waals surface area contributed by atoms with E-state index in [0.29, 0.717) is 5.92 Å². The first kappa shape index (κ1) is 11.1. The summed E-state index contributed by atoms with van der Waals surface area (Å²) in [4.78, 5) is 0. The first-order valence-electron chi connectivity index (χ1n) is 5.15. The Hall–Kier alpha value is -1.02. The molecule has 0 unspecified atom stereocenters. The summed E-state index contributed by atoms with van der Waals surface area (Å²) in [6, 6.07) is 6.19. The number of anilines is 1. The molecule has 0 aromatic heterocycles. The van der Waals surface area contributed by atoms with Crippen molar-refractivity contribution in [3.63, 3.8) is 0 Å². The molecule has 0 aliphatic heterocycles. The molecule has 1 aromatic rings. The zero-order chi connectivity index (χ0) is 10.6. The van der Waals surface area contributed by atoms with Crippen LogP contribution in [0.5, 0.6) is 0 Å². The van der Waals surface area contributed by atoms with Gasteiger partial charge in [-0.3, -0.25) is 0 Å². The summed E-state index contributed by atoms with van der Waals surface area (Å²) in [5, 5.41) is 3.41. The summed E-state index contributed by atoms with van der Waals surface area (Å²) in [5.41, 5.74) is 9.08. The second kappa shape index (κ2) is 5.01. The number of nitrogen functional groups attached to an aromatic ring is 1. The molecular weight excluding hydrogens is 172 g/mol. The molecule has 0 atom stereocenters. The second-order valence-corrected chi connectivity index (χ2v) is 4.22. The molecule has 0 heterocycles. The monoisotopic (exact) mass is 192 g/mol. The minimum Gasteiger partial charge on any atom is -0.399 e. The van der Waals surface area contributed by atoms with Gasteiger partial charge >= 0.3 is 0 Å². The number of hydrogen-bond donors (Lipinski definition) is 2. The minimum absolute atomic E-state index is 0.699. The Morgan fingerprint density at radius 2 is 2.07 bits per heavy atom. The van der Waals surface area contributed by atoms with E-state index >= 15 is 0 Å². The molecule has 14 heavy (non-hydrogen) atoms. The molecule has 0 spiro atoms. The highest BCUT2D eigenvalue weighted by atomic mass is 14.8. The van der Waals surface area contributed by atoms with Gasteiger partial charge in [0.15, 0.2) is 0 Å². The Morgan fingerprint density at radius 1 is 1.36 bits per heavy atom. The normalized spacial score (nSPS) is 10.9. The van der Waals surface area contributed by atoms with E-state index in [-0.39, 0.29) is 0 Å². The van der Waals surface area contributed by atoms with Crippen LogP contribution in [0.25, 0.3) is 0 Å². The summed E-state index contributed by atoms with van der Waals surface area (Å²) in [7, 11) is 0. The third-order valence-corrected chi connectivity index (χ3v) is 2.22. The molecule has 0 aliphatic carbocycles. The maximum atomic E-state index is 5.75. The molecule has 0 aliphatic rings. The lowest BCUT2D eigenvalue weighted by molar-refractivity contribution is 0.552. The smallest absolute Gasteiger partial charge is 0.0343 e.